The fourth-order valence-corrected chi connectivity index (χ4v) is 1.10. The molecule has 0 saturated carbocycles. The first kappa shape index (κ1) is 11.4. The Balaban J connectivity index is 2.22. The Bertz CT molecular complexity index is 359. The quantitative estimate of drug-likeness (QED) is 0.662. The van der Waals surface area contributed by atoms with Gasteiger partial charge in [-0.25, -0.2) is 4.98 Å². The van der Waals surface area contributed by atoms with Gasteiger partial charge in [0.2, 0.25) is 5.91 Å². The van der Waals surface area contributed by atoms with Crippen LogP contribution >= 0.6 is 0 Å². The van der Waals surface area contributed by atoms with Crippen LogP contribution in [0.5, 0.6) is 0 Å². The molecule has 0 bridgehead atoms. The number of ketones is 1. The van der Waals surface area contributed by atoms with E-state index >= 15 is 0 Å². The summed E-state index contributed by atoms with van der Waals surface area (Å²) in [4.78, 5) is 25.7. The zero-order valence-electron chi connectivity index (χ0n) is 8.86. The van der Waals surface area contributed by atoms with E-state index in [0.29, 0.717) is 18.8 Å². The molecule has 1 aromatic rings. The van der Waals surface area contributed by atoms with E-state index < -0.39 is 0 Å². The Morgan fingerprint density at radius 3 is 2.80 bits per heavy atom. The van der Waals surface area contributed by atoms with Gasteiger partial charge in [-0.2, -0.15) is 5.10 Å². The minimum Gasteiger partial charge on any atom is -0.355 e. The summed E-state index contributed by atoms with van der Waals surface area (Å²) in [7, 11) is 1.78. The first-order valence-corrected chi connectivity index (χ1v) is 4.68. The fraction of sp³-hybridized carbons (Fsp3) is 0.556. The van der Waals surface area contributed by atoms with Gasteiger partial charge in [-0.05, 0) is 6.92 Å². The van der Waals surface area contributed by atoms with E-state index in [4.69, 9.17) is 0 Å². The van der Waals surface area contributed by atoms with Gasteiger partial charge in [-0.15, -0.1) is 0 Å². The van der Waals surface area contributed by atoms with Crippen LogP contribution in [0.25, 0.3) is 0 Å². The summed E-state index contributed by atoms with van der Waals surface area (Å²) in [6, 6.07) is 0. The first-order chi connectivity index (χ1) is 7.08. The highest BCUT2D eigenvalue weighted by atomic mass is 16.2. The number of nitrogens with one attached hydrogen (secondary N) is 1. The van der Waals surface area contributed by atoms with Crippen molar-refractivity contribution < 1.29 is 9.59 Å². The van der Waals surface area contributed by atoms with Crippen molar-refractivity contribution in [2.24, 2.45) is 7.05 Å². The van der Waals surface area contributed by atoms with Crippen LogP contribution in [0.1, 0.15) is 19.2 Å². The number of hydrogen-bond acceptors (Lipinski definition) is 4. The topological polar surface area (TPSA) is 76.9 Å². The largest absolute Gasteiger partial charge is 0.355 e. The summed E-state index contributed by atoms with van der Waals surface area (Å²) >= 11 is 0. The molecule has 0 aromatic carbocycles. The Kier molecular flexibility index (Phi) is 3.96. The van der Waals surface area contributed by atoms with Gasteiger partial charge in [-0.3, -0.25) is 14.3 Å². The Hall–Kier alpha value is -1.72. The van der Waals surface area contributed by atoms with E-state index in [1.165, 1.54) is 6.92 Å². The highest BCUT2D eigenvalue weighted by Crippen LogP contribution is 1.89. The number of nitrogens with zero attached hydrogens (tertiary/aromatic N) is 3. The van der Waals surface area contributed by atoms with Crippen LogP contribution in [-0.4, -0.2) is 33.0 Å². The molecule has 0 unspecified atom stereocenters. The van der Waals surface area contributed by atoms with Crippen molar-refractivity contribution in [2.45, 2.75) is 19.8 Å². The van der Waals surface area contributed by atoms with Crippen LogP contribution in [0.3, 0.4) is 0 Å². The number of aromatic nitrogens is 3. The molecule has 82 valence electrons. The Labute approximate surface area is 87.7 Å². The van der Waals surface area contributed by atoms with E-state index in [9.17, 15) is 9.59 Å². The Morgan fingerprint density at radius 2 is 2.27 bits per heavy atom. The number of carbonyl (C=O) groups is 2. The predicted molar refractivity (Wildman–Crippen MR) is 53.0 cm³/mol. The average Bonchev–Trinajstić information content (AvgIpc) is 2.50. The summed E-state index contributed by atoms with van der Waals surface area (Å²) in [5.74, 6) is 0.294. The SMILES string of the molecule is CC(=O)CC(=O)NCCc1ncn(C)n1. The molecule has 0 fully saturated rings. The minimum atomic E-state index is -0.251. The van der Waals surface area contributed by atoms with Gasteiger partial charge in [0.05, 0.1) is 6.42 Å². The van der Waals surface area contributed by atoms with Gasteiger partial charge < -0.3 is 5.32 Å². The van der Waals surface area contributed by atoms with Crippen LogP contribution in [0.4, 0.5) is 0 Å². The highest BCUT2D eigenvalue weighted by Gasteiger charge is 2.04. The van der Waals surface area contributed by atoms with Gasteiger partial charge in [0.25, 0.3) is 0 Å². The fourth-order valence-electron chi connectivity index (χ4n) is 1.10. The maximum Gasteiger partial charge on any atom is 0.227 e. The summed E-state index contributed by atoms with van der Waals surface area (Å²) in [6.07, 6.45) is 2.12. The van der Waals surface area contributed by atoms with Crippen LogP contribution < -0.4 is 5.32 Å². The highest BCUT2D eigenvalue weighted by molar-refractivity contribution is 5.96. The Morgan fingerprint density at radius 1 is 1.53 bits per heavy atom. The summed E-state index contributed by atoms with van der Waals surface area (Å²) in [6.45, 7) is 1.84. The van der Waals surface area contributed by atoms with E-state index in [2.05, 4.69) is 15.4 Å². The lowest BCUT2D eigenvalue weighted by molar-refractivity contribution is -0.127. The van der Waals surface area contributed by atoms with Gasteiger partial charge >= 0.3 is 0 Å². The summed E-state index contributed by atoms with van der Waals surface area (Å²) in [5.41, 5.74) is 0. The van der Waals surface area contributed by atoms with Crippen molar-refractivity contribution in [2.75, 3.05) is 6.54 Å². The molecule has 1 aromatic heterocycles. The molecule has 1 N–H and O–H groups in total. The van der Waals surface area contributed by atoms with Gasteiger partial charge in [0.1, 0.15) is 12.1 Å². The number of amides is 1. The number of Topliss-reactive ketones (excluding diaryl/α,β-unsaturated/α-hetero) is 1. The molecule has 1 heterocycles. The molecular weight excluding hydrogens is 196 g/mol. The molecule has 1 amide bonds. The smallest absolute Gasteiger partial charge is 0.227 e. The second-order valence-electron chi connectivity index (χ2n) is 3.31. The van der Waals surface area contributed by atoms with Crippen molar-refractivity contribution in [1.82, 2.24) is 20.1 Å². The van der Waals surface area contributed by atoms with Crippen molar-refractivity contribution in [3.8, 4) is 0 Å². The molecular formula is C9H14N4O2. The maximum atomic E-state index is 11.1. The van der Waals surface area contributed by atoms with E-state index in [1.807, 2.05) is 0 Å². The minimum absolute atomic E-state index is 0.0599. The zero-order valence-corrected chi connectivity index (χ0v) is 8.86. The molecule has 6 heteroatoms. The van der Waals surface area contributed by atoms with E-state index in [0.717, 1.165) is 0 Å². The molecule has 0 aliphatic rings. The predicted octanol–water partition coefficient (Wildman–Crippen LogP) is -0.547. The van der Waals surface area contributed by atoms with Crippen LogP contribution in [-0.2, 0) is 23.1 Å². The summed E-state index contributed by atoms with van der Waals surface area (Å²) in [5, 5.41) is 6.68. The second-order valence-corrected chi connectivity index (χ2v) is 3.31. The third kappa shape index (κ3) is 4.35. The van der Waals surface area contributed by atoms with Crippen LogP contribution in [0, 0.1) is 0 Å². The average molecular weight is 210 g/mol. The van der Waals surface area contributed by atoms with E-state index in [1.54, 1.807) is 18.1 Å². The molecule has 0 radical (unpaired) electrons. The number of hydrogen-bond donors (Lipinski definition) is 1. The number of aryl methyl sites for hydroxylation is 1. The van der Waals surface area contributed by atoms with Gasteiger partial charge in [-0.1, -0.05) is 0 Å². The summed E-state index contributed by atoms with van der Waals surface area (Å²) < 4.78 is 1.60. The first-order valence-electron chi connectivity index (χ1n) is 4.68. The molecule has 0 atom stereocenters. The zero-order chi connectivity index (χ0) is 11.3. The van der Waals surface area contributed by atoms with Gasteiger partial charge in [0.15, 0.2) is 5.82 Å². The van der Waals surface area contributed by atoms with Gasteiger partial charge in [0, 0.05) is 20.0 Å². The van der Waals surface area contributed by atoms with Crippen molar-refractivity contribution >= 4 is 11.7 Å². The third-order valence-corrected chi connectivity index (χ3v) is 1.73. The lowest BCUT2D eigenvalue weighted by atomic mass is 10.3. The monoisotopic (exact) mass is 210 g/mol. The normalized spacial score (nSPS) is 10.0. The molecule has 15 heavy (non-hydrogen) atoms. The standard InChI is InChI=1S/C9H14N4O2/c1-7(14)5-9(15)10-4-3-8-11-6-13(2)12-8/h6H,3-5H2,1-2H3,(H,10,15). The molecule has 0 saturated heterocycles. The molecule has 1 rings (SSSR count). The number of carbonyl (C=O) groups excluding carboxylic acids is 2. The lowest BCUT2D eigenvalue weighted by Gasteiger charge is -2.00. The molecule has 0 aliphatic carbocycles. The maximum absolute atomic E-state index is 11.1. The van der Waals surface area contributed by atoms with Crippen molar-refractivity contribution in [3.05, 3.63) is 12.2 Å². The third-order valence-electron chi connectivity index (χ3n) is 1.73. The lowest BCUT2D eigenvalue weighted by Crippen LogP contribution is -2.27. The van der Waals surface area contributed by atoms with E-state index in [-0.39, 0.29) is 18.1 Å². The van der Waals surface area contributed by atoms with Crippen molar-refractivity contribution in [3.63, 3.8) is 0 Å². The van der Waals surface area contributed by atoms with Crippen molar-refractivity contribution in [1.29, 1.82) is 0 Å². The van der Waals surface area contributed by atoms with Crippen LogP contribution in [0.2, 0.25) is 0 Å². The second kappa shape index (κ2) is 5.23. The van der Waals surface area contributed by atoms with Crippen LogP contribution in [0.15, 0.2) is 6.33 Å². The molecule has 0 aliphatic heterocycles. The molecule has 0 spiro atoms. The molecule has 6 nitrogen and oxygen atoms in total. The number of rotatable bonds is 5.